The van der Waals surface area contributed by atoms with Gasteiger partial charge in [-0.25, -0.2) is 4.39 Å². The third-order valence-corrected chi connectivity index (χ3v) is 4.73. The van der Waals surface area contributed by atoms with Crippen molar-refractivity contribution in [2.24, 2.45) is 0 Å². The molecule has 3 rings (SSSR count). The summed E-state index contributed by atoms with van der Waals surface area (Å²) in [7, 11) is 3.07. The van der Waals surface area contributed by atoms with Gasteiger partial charge >= 0.3 is 0 Å². The van der Waals surface area contributed by atoms with E-state index in [1.165, 1.54) is 26.4 Å². The Bertz CT molecular complexity index is 703. The molecule has 2 aromatic carbocycles. The van der Waals surface area contributed by atoms with E-state index in [1.54, 1.807) is 0 Å². The minimum atomic E-state index is -0.196. The second-order valence-corrected chi connectivity index (χ2v) is 6.53. The number of hydrogen-bond donors (Lipinski definition) is 1. The summed E-state index contributed by atoms with van der Waals surface area (Å²) in [5.74, 6) is 0.685. The summed E-state index contributed by atoms with van der Waals surface area (Å²) in [6.07, 6.45) is 0. The maximum absolute atomic E-state index is 13.0. The summed E-state index contributed by atoms with van der Waals surface area (Å²) in [4.78, 5) is 4.74. The van der Waals surface area contributed by atoms with Crippen LogP contribution in [0.2, 0.25) is 0 Å². The zero-order valence-electron chi connectivity index (χ0n) is 15.2. The number of aromatic hydroxyl groups is 1. The average Bonchev–Trinajstić information content (AvgIpc) is 2.66. The molecule has 6 heteroatoms. The molecule has 0 atom stereocenters. The molecule has 1 saturated heterocycles. The second-order valence-electron chi connectivity index (χ2n) is 6.53. The van der Waals surface area contributed by atoms with Crippen molar-refractivity contribution in [2.45, 2.75) is 13.1 Å². The van der Waals surface area contributed by atoms with Crippen LogP contribution >= 0.6 is 0 Å². The maximum Gasteiger partial charge on any atom is 0.200 e. The van der Waals surface area contributed by atoms with Crippen LogP contribution in [0.4, 0.5) is 4.39 Å². The summed E-state index contributed by atoms with van der Waals surface area (Å²) in [5.41, 5.74) is 2.18. The zero-order chi connectivity index (χ0) is 18.5. The van der Waals surface area contributed by atoms with E-state index in [2.05, 4.69) is 9.80 Å². The fourth-order valence-electron chi connectivity index (χ4n) is 3.25. The summed E-state index contributed by atoms with van der Waals surface area (Å²) >= 11 is 0. The Morgan fingerprint density at radius 2 is 1.31 bits per heavy atom. The SMILES string of the molecule is COc1cc(CN2CCN(Cc3ccc(F)cc3)CC2)cc(OC)c1O. The number of nitrogens with zero attached hydrogens (tertiary/aromatic N) is 2. The van der Waals surface area contributed by atoms with Crippen molar-refractivity contribution >= 4 is 0 Å². The Hall–Kier alpha value is -2.31. The third kappa shape index (κ3) is 4.45. The number of halogens is 1. The Morgan fingerprint density at radius 3 is 1.77 bits per heavy atom. The summed E-state index contributed by atoms with van der Waals surface area (Å²) in [5, 5.41) is 10.0. The van der Waals surface area contributed by atoms with Crippen LogP contribution in [0.25, 0.3) is 0 Å². The molecule has 0 unspecified atom stereocenters. The lowest BCUT2D eigenvalue weighted by Gasteiger charge is -2.34. The number of methoxy groups -OCH3 is 2. The van der Waals surface area contributed by atoms with Crippen molar-refractivity contribution in [3.05, 3.63) is 53.3 Å². The van der Waals surface area contributed by atoms with Crippen LogP contribution in [0.5, 0.6) is 17.2 Å². The first-order valence-corrected chi connectivity index (χ1v) is 8.72. The molecule has 1 aliphatic rings. The predicted octanol–water partition coefficient (Wildman–Crippen LogP) is 2.87. The summed E-state index contributed by atoms with van der Waals surface area (Å²) < 4.78 is 23.5. The Balaban J connectivity index is 1.56. The molecule has 26 heavy (non-hydrogen) atoms. The summed E-state index contributed by atoms with van der Waals surface area (Å²) in [6, 6.07) is 10.4. The van der Waals surface area contributed by atoms with Gasteiger partial charge in [0.2, 0.25) is 5.75 Å². The van der Waals surface area contributed by atoms with Crippen molar-refractivity contribution in [3.8, 4) is 17.2 Å². The highest BCUT2D eigenvalue weighted by atomic mass is 19.1. The van der Waals surface area contributed by atoms with Crippen LogP contribution < -0.4 is 9.47 Å². The van der Waals surface area contributed by atoms with E-state index in [0.717, 1.165) is 50.4 Å². The molecule has 0 radical (unpaired) electrons. The highest BCUT2D eigenvalue weighted by Crippen LogP contribution is 2.37. The minimum Gasteiger partial charge on any atom is -0.502 e. The van der Waals surface area contributed by atoms with Gasteiger partial charge in [0.25, 0.3) is 0 Å². The quantitative estimate of drug-likeness (QED) is 0.858. The monoisotopic (exact) mass is 360 g/mol. The van der Waals surface area contributed by atoms with E-state index in [9.17, 15) is 9.50 Å². The van der Waals surface area contributed by atoms with Crippen LogP contribution in [0.15, 0.2) is 36.4 Å². The normalized spacial score (nSPS) is 15.8. The van der Waals surface area contributed by atoms with Gasteiger partial charge in [0, 0.05) is 39.3 Å². The molecule has 0 bridgehead atoms. The Kier molecular flexibility index (Phi) is 5.96. The first kappa shape index (κ1) is 18.5. The van der Waals surface area contributed by atoms with Gasteiger partial charge in [-0.05, 0) is 35.4 Å². The van der Waals surface area contributed by atoms with E-state index in [0.29, 0.717) is 11.5 Å². The van der Waals surface area contributed by atoms with Crippen molar-refractivity contribution in [1.29, 1.82) is 0 Å². The molecule has 1 fully saturated rings. The first-order chi connectivity index (χ1) is 12.6. The lowest BCUT2D eigenvalue weighted by molar-refractivity contribution is 0.122. The van der Waals surface area contributed by atoms with E-state index in [4.69, 9.17) is 9.47 Å². The summed E-state index contributed by atoms with van der Waals surface area (Å²) in [6.45, 7) is 5.44. The number of phenols is 1. The minimum absolute atomic E-state index is 0.0304. The zero-order valence-corrected chi connectivity index (χ0v) is 15.2. The number of hydrogen-bond acceptors (Lipinski definition) is 5. The molecular formula is C20H25FN2O3. The van der Waals surface area contributed by atoms with Gasteiger partial charge in [-0.3, -0.25) is 9.80 Å². The molecule has 1 N–H and O–H groups in total. The van der Waals surface area contributed by atoms with Gasteiger partial charge < -0.3 is 14.6 Å². The molecule has 2 aromatic rings. The molecule has 1 heterocycles. The largest absolute Gasteiger partial charge is 0.502 e. The maximum atomic E-state index is 13.0. The van der Waals surface area contributed by atoms with Crippen LogP contribution in [-0.2, 0) is 13.1 Å². The molecule has 0 saturated carbocycles. The van der Waals surface area contributed by atoms with Crippen LogP contribution in [0.3, 0.4) is 0 Å². The molecule has 5 nitrogen and oxygen atoms in total. The van der Waals surface area contributed by atoms with Crippen molar-refractivity contribution in [1.82, 2.24) is 9.80 Å². The van der Waals surface area contributed by atoms with Crippen molar-refractivity contribution in [2.75, 3.05) is 40.4 Å². The molecular weight excluding hydrogens is 335 g/mol. The van der Waals surface area contributed by atoms with Gasteiger partial charge in [-0.1, -0.05) is 12.1 Å². The lowest BCUT2D eigenvalue weighted by Crippen LogP contribution is -2.45. The topological polar surface area (TPSA) is 45.2 Å². The van der Waals surface area contributed by atoms with E-state index in [1.807, 2.05) is 24.3 Å². The average molecular weight is 360 g/mol. The second kappa shape index (κ2) is 8.38. The van der Waals surface area contributed by atoms with Gasteiger partial charge in [0.1, 0.15) is 5.82 Å². The Morgan fingerprint density at radius 1 is 0.846 bits per heavy atom. The lowest BCUT2D eigenvalue weighted by atomic mass is 10.1. The van der Waals surface area contributed by atoms with E-state index < -0.39 is 0 Å². The van der Waals surface area contributed by atoms with E-state index in [-0.39, 0.29) is 11.6 Å². The van der Waals surface area contributed by atoms with Gasteiger partial charge in [0.05, 0.1) is 14.2 Å². The van der Waals surface area contributed by atoms with E-state index >= 15 is 0 Å². The fourth-order valence-corrected chi connectivity index (χ4v) is 3.25. The highest BCUT2D eigenvalue weighted by Gasteiger charge is 2.19. The molecule has 0 aliphatic carbocycles. The van der Waals surface area contributed by atoms with Crippen molar-refractivity contribution < 1.29 is 19.0 Å². The van der Waals surface area contributed by atoms with Gasteiger partial charge in [-0.2, -0.15) is 0 Å². The molecule has 0 aromatic heterocycles. The van der Waals surface area contributed by atoms with Gasteiger partial charge in [0.15, 0.2) is 11.5 Å². The Labute approximate surface area is 153 Å². The number of benzene rings is 2. The number of rotatable bonds is 6. The number of ether oxygens (including phenoxy) is 2. The fraction of sp³-hybridized carbons (Fsp3) is 0.400. The van der Waals surface area contributed by atoms with Crippen LogP contribution in [0.1, 0.15) is 11.1 Å². The first-order valence-electron chi connectivity index (χ1n) is 8.72. The van der Waals surface area contributed by atoms with Crippen LogP contribution in [-0.4, -0.2) is 55.3 Å². The van der Waals surface area contributed by atoms with Crippen LogP contribution in [0, 0.1) is 5.82 Å². The standard InChI is InChI=1S/C20H25FN2O3/c1-25-18-11-16(12-19(26-2)20(18)24)14-23-9-7-22(8-10-23)13-15-3-5-17(21)6-4-15/h3-6,11-12,24H,7-10,13-14H2,1-2H3. The third-order valence-electron chi connectivity index (χ3n) is 4.73. The molecule has 140 valence electrons. The molecule has 1 aliphatic heterocycles. The smallest absolute Gasteiger partial charge is 0.200 e. The number of phenolic OH excluding ortho intramolecular Hbond substituents is 1. The predicted molar refractivity (Wildman–Crippen MR) is 98.2 cm³/mol. The van der Waals surface area contributed by atoms with Crippen molar-refractivity contribution in [3.63, 3.8) is 0 Å². The van der Waals surface area contributed by atoms with Gasteiger partial charge in [-0.15, -0.1) is 0 Å². The molecule has 0 amide bonds. The number of piperazine rings is 1. The highest BCUT2D eigenvalue weighted by molar-refractivity contribution is 5.52. The molecule has 0 spiro atoms.